The monoisotopic (exact) mass is 374 g/mol. The average Bonchev–Trinajstić information content (AvgIpc) is 3.39. The van der Waals surface area contributed by atoms with Crippen LogP contribution in [0.25, 0.3) is 21.8 Å². The van der Waals surface area contributed by atoms with Gasteiger partial charge in [-0.2, -0.15) is 5.10 Å². The maximum absolute atomic E-state index is 12.7. The van der Waals surface area contributed by atoms with Gasteiger partial charge in [-0.3, -0.25) is 14.4 Å². The number of fused-ring (bicyclic) bond motifs is 2. The minimum atomic E-state index is -0.181. The molecule has 1 aliphatic heterocycles. The molecule has 1 aromatic carbocycles. The normalized spacial score (nSPS) is 17.6. The lowest BCUT2D eigenvalue weighted by Gasteiger charge is -2.17. The van der Waals surface area contributed by atoms with Crippen LogP contribution in [-0.2, 0) is 7.05 Å². The van der Waals surface area contributed by atoms with Crippen LogP contribution in [0.5, 0.6) is 0 Å². The van der Waals surface area contributed by atoms with Gasteiger partial charge in [-0.25, -0.2) is 4.98 Å². The molecule has 0 spiro atoms. The van der Waals surface area contributed by atoms with Crippen LogP contribution < -0.4 is 5.32 Å². The number of anilines is 1. The maximum atomic E-state index is 12.7. The molecule has 1 fully saturated rings. The molecule has 2 N–H and O–H groups in total. The fraction of sp³-hybridized carbons (Fsp3) is 0.286. The van der Waals surface area contributed by atoms with Gasteiger partial charge in [-0.15, -0.1) is 0 Å². The quantitative estimate of drug-likeness (QED) is 0.576. The highest BCUT2D eigenvalue weighted by Crippen LogP contribution is 2.32. The van der Waals surface area contributed by atoms with Crippen molar-refractivity contribution in [1.29, 1.82) is 0 Å². The van der Waals surface area contributed by atoms with Gasteiger partial charge >= 0.3 is 0 Å². The molecule has 0 saturated carbocycles. The molecular formula is C21H22N6O. The van der Waals surface area contributed by atoms with E-state index in [1.165, 1.54) is 12.1 Å². The Balaban J connectivity index is 1.39. The Morgan fingerprint density at radius 1 is 1.18 bits per heavy atom. The number of aromatic nitrogens is 4. The molecule has 5 rings (SSSR count). The van der Waals surface area contributed by atoms with Gasteiger partial charge < -0.3 is 10.3 Å². The first-order chi connectivity index (χ1) is 13.6. The summed E-state index contributed by atoms with van der Waals surface area (Å²) in [5.74, 6) is 0.358. The molecular weight excluding hydrogens is 352 g/mol. The van der Waals surface area contributed by atoms with Crippen LogP contribution in [0.15, 0.2) is 42.7 Å². The number of amides is 1. The van der Waals surface area contributed by atoms with E-state index in [2.05, 4.69) is 38.4 Å². The number of likely N-dealkylation sites (tertiary alicyclic amines) is 1. The van der Waals surface area contributed by atoms with Gasteiger partial charge in [0.15, 0.2) is 0 Å². The zero-order valence-corrected chi connectivity index (χ0v) is 15.9. The number of pyridine rings is 1. The van der Waals surface area contributed by atoms with Crippen molar-refractivity contribution in [3.8, 4) is 0 Å². The Morgan fingerprint density at radius 3 is 2.89 bits per heavy atom. The molecule has 4 heterocycles. The molecule has 4 aromatic rings. The summed E-state index contributed by atoms with van der Waals surface area (Å²) in [4.78, 5) is 23.0. The molecule has 0 bridgehead atoms. The van der Waals surface area contributed by atoms with E-state index in [0.717, 1.165) is 34.8 Å². The van der Waals surface area contributed by atoms with Gasteiger partial charge in [0.2, 0.25) is 0 Å². The van der Waals surface area contributed by atoms with E-state index in [9.17, 15) is 4.79 Å². The standard InChI is InChI=1S/C21H22N6O/c1-26-7-3-4-19(26)17-9-14-11-22-20(10-16(14)24-17)25-21(28)13-5-6-18-15(8-13)12-23-27(18)2/h5-6,8-12,19,24H,3-4,7H2,1-2H3,(H,22,25,28)/t19-/m1/s1. The number of carbonyl (C=O) groups excluding carboxylic acids is 1. The van der Waals surface area contributed by atoms with E-state index in [4.69, 9.17) is 0 Å². The Kier molecular flexibility index (Phi) is 3.91. The lowest BCUT2D eigenvalue weighted by Crippen LogP contribution is -2.17. The van der Waals surface area contributed by atoms with Crippen molar-refractivity contribution < 1.29 is 4.79 Å². The van der Waals surface area contributed by atoms with Crippen LogP contribution in [0.3, 0.4) is 0 Å². The van der Waals surface area contributed by atoms with Gasteiger partial charge in [0.25, 0.3) is 5.91 Å². The highest BCUT2D eigenvalue weighted by atomic mass is 16.1. The summed E-state index contributed by atoms with van der Waals surface area (Å²) in [6, 6.07) is 10.0. The number of nitrogens with one attached hydrogen (secondary N) is 2. The Morgan fingerprint density at radius 2 is 2.07 bits per heavy atom. The number of carbonyl (C=O) groups is 1. The topological polar surface area (TPSA) is 78.8 Å². The van der Waals surface area contributed by atoms with Crippen LogP contribution >= 0.6 is 0 Å². The molecule has 7 nitrogen and oxygen atoms in total. The zero-order chi connectivity index (χ0) is 19.3. The second kappa shape index (κ2) is 6.45. The van der Waals surface area contributed by atoms with Crippen molar-refractivity contribution in [1.82, 2.24) is 24.6 Å². The zero-order valence-electron chi connectivity index (χ0n) is 15.9. The van der Waals surface area contributed by atoms with Crippen LogP contribution in [0.4, 0.5) is 5.82 Å². The third kappa shape index (κ3) is 2.84. The fourth-order valence-corrected chi connectivity index (χ4v) is 4.09. The molecule has 28 heavy (non-hydrogen) atoms. The van der Waals surface area contributed by atoms with E-state index >= 15 is 0 Å². The lowest BCUT2D eigenvalue weighted by molar-refractivity contribution is 0.102. The molecule has 1 atom stereocenters. The molecule has 1 saturated heterocycles. The van der Waals surface area contributed by atoms with E-state index in [-0.39, 0.29) is 5.91 Å². The van der Waals surface area contributed by atoms with Crippen molar-refractivity contribution >= 4 is 33.5 Å². The predicted octanol–water partition coefficient (Wildman–Crippen LogP) is 3.47. The Bertz CT molecular complexity index is 1190. The molecule has 0 unspecified atom stereocenters. The van der Waals surface area contributed by atoms with Crippen LogP contribution in [0, 0.1) is 0 Å². The van der Waals surface area contributed by atoms with E-state index in [1.54, 1.807) is 16.9 Å². The van der Waals surface area contributed by atoms with E-state index in [1.807, 2.05) is 31.4 Å². The molecule has 1 amide bonds. The highest BCUT2D eigenvalue weighted by Gasteiger charge is 2.24. The van der Waals surface area contributed by atoms with Crippen molar-refractivity contribution in [3.05, 3.63) is 54.0 Å². The molecule has 7 heteroatoms. The number of hydrogen-bond acceptors (Lipinski definition) is 4. The van der Waals surface area contributed by atoms with Crippen molar-refractivity contribution in [2.45, 2.75) is 18.9 Å². The SMILES string of the molecule is CN1CCC[C@@H]1c1cc2cnc(NC(=O)c3ccc4c(cnn4C)c3)cc2[nH]1. The summed E-state index contributed by atoms with van der Waals surface area (Å²) in [6.45, 7) is 1.13. The second-order valence-corrected chi connectivity index (χ2v) is 7.52. The minimum absolute atomic E-state index is 0.181. The number of aromatic amines is 1. The summed E-state index contributed by atoms with van der Waals surface area (Å²) in [7, 11) is 4.04. The van der Waals surface area contributed by atoms with E-state index < -0.39 is 0 Å². The van der Waals surface area contributed by atoms with E-state index in [0.29, 0.717) is 17.4 Å². The van der Waals surface area contributed by atoms with Crippen molar-refractivity contribution in [2.75, 3.05) is 18.9 Å². The summed E-state index contributed by atoms with van der Waals surface area (Å²) < 4.78 is 1.79. The second-order valence-electron chi connectivity index (χ2n) is 7.52. The Hall–Kier alpha value is -3.19. The number of nitrogens with zero attached hydrogens (tertiary/aromatic N) is 4. The van der Waals surface area contributed by atoms with Gasteiger partial charge in [0.05, 0.1) is 17.2 Å². The van der Waals surface area contributed by atoms with Gasteiger partial charge in [-0.1, -0.05) is 0 Å². The van der Waals surface area contributed by atoms with Crippen LogP contribution in [0.1, 0.15) is 34.9 Å². The third-order valence-electron chi connectivity index (χ3n) is 5.65. The average molecular weight is 374 g/mol. The van der Waals surface area contributed by atoms with Crippen LogP contribution in [-0.4, -0.2) is 44.1 Å². The number of rotatable bonds is 3. The summed E-state index contributed by atoms with van der Waals surface area (Å²) in [5, 5.41) is 9.12. The molecule has 142 valence electrons. The van der Waals surface area contributed by atoms with Gasteiger partial charge in [-0.05, 0) is 50.7 Å². The first kappa shape index (κ1) is 16.9. The van der Waals surface area contributed by atoms with Gasteiger partial charge in [0.1, 0.15) is 5.82 Å². The summed E-state index contributed by atoms with van der Waals surface area (Å²) >= 11 is 0. The first-order valence-corrected chi connectivity index (χ1v) is 9.50. The first-order valence-electron chi connectivity index (χ1n) is 9.50. The lowest BCUT2D eigenvalue weighted by atomic mass is 10.1. The number of hydrogen-bond donors (Lipinski definition) is 2. The highest BCUT2D eigenvalue weighted by molar-refractivity contribution is 6.06. The number of H-pyrrole nitrogens is 1. The number of aryl methyl sites for hydroxylation is 1. The Labute approximate surface area is 162 Å². The third-order valence-corrected chi connectivity index (χ3v) is 5.65. The summed E-state index contributed by atoms with van der Waals surface area (Å²) in [6.07, 6.45) is 5.95. The largest absolute Gasteiger partial charge is 0.357 e. The maximum Gasteiger partial charge on any atom is 0.256 e. The van der Waals surface area contributed by atoms with Crippen molar-refractivity contribution in [2.24, 2.45) is 7.05 Å². The number of benzene rings is 1. The molecule has 1 aliphatic rings. The predicted molar refractivity (Wildman–Crippen MR) is 109 cm³/mol. The minimum Gasteiger partial charge on any atom is -0.357 e. The smallest absolute Gasteiger partial charge is 0.256 e. The van der Waals surface area contributed by atoms with Crippen molar-refractivity contribution in [3.63, 3.8) is 0 Å². The molecule has 3 aromatic heterocycles. The van der Waals surface area contributed by atoms with Crippen LogP contribution in [0.2, 0.25) is 0 Å². The fourth-order valence-electron chi connectivity index (χ4n) is 4.09. The molecule has 0 aliphatic carbocycles. The molecule has 0 radical (unpaired) electrons. The van der Waals surface area contributed by atoms with Gasteiger partial charge in [0, 0.05) is 47.4 Å². The summed E-state index contributed by atoms with van der Waals surface area (Å²) in [5.41, 5.74) is 3.78.